The summed E-state index contributed by atoms with van der Waals surface area (Å²) in [6, 6.07) is 18.8. The Labute approximate surface area is 185 Å². The van der Waals surface area contributed by atoms with Gasteiger partial charge in [0.25, 0.3) is 5.91 Å². The molecule has 5 nitrogen and oxygen atoms in total. The van der Waals surface area contributed by atoms with Crippen LogP contribution < -0.4 is 9.64 Å². The summed E-state index contributed by atoms with van der Waals surface area (Å²) in [6.45, 7) is 6.58. The molecule has 2 aromatic carbocycles. The zero-order valence-corrected chi connectivity index (χ0v) is 18.8. The number of aromatic nitrogens is 1. The van der Waals surface area contributed by atoms with Crippen LogP contribution in [0, 0.1) is 6.92 Å². The van der Waals surface area contributed by atoms with E-state index in [1.807, 2.05) is 29.2 Å². The maximum atomic E-state index is 13.3. The summed E-state index contributed by atoms with van der Waals surface area (Å²) >= 11 is 1.48. The van der Waals surface area contributed by atoms with Crippen molar-refractivity contribution in [1.29, 1.82) is 0 Å². The summed E-state index contributed by atoms with van der Waals surface area (Å²) < 4.78 is 5.32. The fourth-order valence-electron chi connectivity index (χ4n) is 4.33. The van der Waals surface area contributed by atoms with Crippen LogP contribution in [0.3, 0.4) is 0 Å². The molecule has 3 heterocycles. The summed E-state index contributed by atoms with van der Waals surface area (Å²) in [4.78, 5) is 24.1. The van der Waals surface area contributed by atoms with E-state index in [0.717, 1.165) is 44.8 Å². The Kier molecular flexibility index (Phi) is 5.02. The van der Waals surface area contributed by atoms with Gasteiger partial charge in [0.2, 0.25) is 0 Å². The van der Waals surface area contributed by atoms with Crippen molar-refractivity contribution in [2.24, 2.45) is 0 Å². The second kappa shape index (κ2) is 7.85. The Morgan fingerprint density at radius 2 is 1.97 bits per heavy atom. The molecular weight excluding hydrogens is 406 g/mol. The number of carbonyl (C=O) groups is 1. The van der Waals surface area contributed by atoms with Gasteiger partial charge in [0.05, 0.1) is 17.5 Å². The molecule has 4 aromatic rings. The van der Waals surface area contributed by atoms with E-state index in [4.69, 9.17) is 9.72 Å². The quantitative estimate of drug-likeness (QED) is 0.452. The third kappa shape index (κ3) is 3.72. The summed E-state index contributed by atoms with van der Waals surface area (Å²) in [5, 5.41) is 2.02. The van der Waals surface area contributed by atoms with E-state index in [-0.39, 0.29) is 11.9 Å². The smallest absolute Gasteiger partial charge is 0.264 e. The minimum atomic E-state index is 0.0976. The van der Waals surface area contributed by atoms with Crippen LogP contribution in [0.2, 0.25) is 0 Å². The molecule has 1 atom stereocenters. The van der Waals surface area contributed by atoms with Crippen molar-refractivity contribution >= 4 is 44.1 Å². The highest BCUT2D eigenvalue weighted by atomic mass is 32.1. The maximum absolute atomic E-state index is 13.3. The standard InChI is InChI=1S/C25H25N3O2S/c1-16-5-4-6-20(11-16)28-10-9-27(15-17(28)2)25(29)23-14-19-12-18-13-21(30-3)7-8-22(18)26-24(19)31-23/h4-8,11-14,17H,9-10,15H2,1-3H3/t17-/m1/s1. The lowest BCUT2D eigenvalue weighted by Crippen LogP contribution is -2.53. The molecule has 0 bridgehead atoms. The van der Waals surface area contributed by atoms with Crippen molar-refractivity contribution in [3.05, 3.63) is 65.0 Å². The normalized spacial score (nSPS) is 16.8. The molecular formula is C25H25N3O2S. The summed E-state index contributed by atoms with van der Waals surface area (Å²) in [7, 11) is 1.66. The van der Waals surface area contributed by atoms with Gasteiger partial charge in [0, 0.05) is 42.1 Å². The number of methoxy groups -OCH3 is 1. The first-order chi connectivity index (χ1) is 15.0. The fraction of sp³-hybridized carbons (Fsp3) is 0.280. The first kappa shape index (κ1) is 19.8. The van der Waals surface area contributed by atoms with Crippen LogP contribution in [0.25, 0.3) is 21.1 Å². The van der Waals surface area contributed by atoms with Crippen LogP contribution in [0.4, 0.5) is 5.69 Å². The molecule has 5 rings (SSSR count). The lowest BCUT2D eigenvalue weighted by Gasteiger charge is -2.41. The van der Waals surface area contributed by atoms with E-state index in [9.17, 15) is 4.79 Å². The molecule has 1 aliphatic rings. The van der Waals surface area contributed by atoms with E-state index in [1.165, 1.54) is 22.6 Å². The average Bonchev–Trinajstić information content (AvgIpc) is 3.19. The number of anilines is 1. The molecule has 0 aliphatic carbocycles. The van der Waals surface area contributed by atoms with Gasteiger partial charge in [-0.1, -0.05) is 12.1 Å². The molecule has 158 valence electrons. The Bertz CT molecular complexity index is 1280. The van der Waals surface area contributed by atoms with Crippen molar-refractivity contribution in [1.82, 2.24) is 9.88 Å². The topological polar surface area (TPSA) is 45.7 Å². The van der Waals surface area contributed by atoms with Gasteiger partial charge in [0.1, 0.15) is 10.6 Å². The van der Waals surface area contributed by atoms with E-state index in [1.54, 1.807) is 7.11 Å². The number of amides is 1. The van der Waals surface area contributed by atoms with Gasteiger partial charge >= 0.3 is 0 Å². The Hall–Kier alpha value is -3.12. The molecule has 0 unspecified atom stereocenters. The Morgan fingerprint density at radius 1 is 1.10 bits per heavy atom. The number of nitrogens with zero attached hydrogens (tertiary/aromatic N) is 3. The molecule has 1 saturated heterocycles. The van der Waals surface area contributed by atoms with Crippen molar-refractivity contribution < 1.29 is 9.53 Å². The zero-order valence-electron chi connectivity index (χ0n) is 18.0. The summed E-state index contributed by atoms with van der Waals surface area (Å²) in [5.74, 6) is 0.904. The van der Waals surface area contributed by atoms with Crippen molar-refractivity contribution in [2.45, 2.75) is 19.9 Å². The largest absolute Gasteiger partial charge is 0.497 e. The Morgan fingerprint density at radius 3 is 2.74 bits per heavy atom. The van der Waals surface area contributed by atoms with Gasteiger partial charge < -0.3 is 14.5 Å². The minimum absolute atomic E-state index is 0.0976. The number of piperazine rings is 1. The molecule has 1 amide bonds. The number of carbonyl (C=O) groups excluding carboxylic acids is 1. The highest BCUT2D eigenvalue weighted by Gasteiger charge is 2.28. The van der Waals surface area contributed by atoms with Crippen molar-refractivity contribution in [2.75, 3.05) is 31.6 Å². The van der Waals surface area contributed by atoms with Gasteiger partial charge in [-0.15, -0.1) is 11.3 Å². The second-order valence-electron chi connectivity index (χ2n) is 8.18. The number of thiophene rings is 1. The van der Waals surface area contributed by atoms with Crippen LogP contribution in [-0.2, 0) is 0 Å². The van der Waals surface area contributed by atoms with E-state index in [0.29, 0.717) is 6.54 Å². The summed E-state index contributed by atoms with van der Waals surface area (Å²) in [6.07, 6.45) is 0. The van der Waals surface area contributed by atoms with Crippen LogP contribution in [0.1, 0.15) is 22.2 Å². The van der Waals surface area contributed by atoms with E-state index in [2.05, 4.69) is 49.1 Å². The molecule has 0 saturated carbocycles. The number of pyridine rings is 1. The van der Waals surface area contributed by atoms with Gasteiger partial charge in [-0.25, -0.2) is 4.98 Å². The highest BCUT2D eigenvalue weighted by molar-refractivity contribution is 7.20. The highest BCUT2D eigenvalue weighted by Crippen LogP contribution is 2.30. The molecule has 0 N–H and O–H groups in total. The van der Waals surface area contributed by atoms with Gasteiger partial charge in [-0.05, 0) is 61.9 Å². The number of ether oxygens (including phenoxy) is 1. The second-order valence-corrected chi connectivity index (χ2v) is 9.22. The molecule has 6 heteroatoms. The van der Waals surface area contributed by atoms with E-state index >= 15 is 0 Å². The number of rotatable bonds is 3. The monoisotopic (exact) mass is 431 g/mol. The Balaban J connectivity index is 1.38. The van der Waals surface area contributed by atoms with Crippen LogP contribution in [-0.4, -0.2) is 48.6 Å². The zero-order chi connectivity index (χ0) is 21.5. The van der Waals surface area contributed by atoms with Crippen molar-refractivity contribution in [3.8, 4) is 5.75 Å². The van der Waals surface area contributed by atoms with E-state index < -0.39 is 0 Å². The molecule has 0 radical (unpaired) electrons. The van der Waals surface area contributed by atoms with Gasteiger partial charge in [-0.3, -0.25) is 4.79 Å². The SMILES string of the molecule is COc1ccc2nc3sc(C(=O)N4CCN(c5cccc(C)c5)[C@H](C)C4)cc3cc2c1. The maximum Gasteiger partial charge on any atom is 0.264 e. The van der Waals surface area contributed by atoms with Crippen LogP contribution in [0.5, 0.6) is 5.75 Å². The third-order valence-electron chi connectivity index (χ3n) is 5.97. The molecule has 1 fully saturated rings. The first-order valence-corrected chi connectivity index (χ1v) is 11.3. The number of fused-ring (bicyclic) bond motifs is 2. The predicted molar refractivity (Wildman–Crippen MR) is 128 cm³/mol. The fourth-order valence-corrected chi connectivity index (χ4v) is 5.32. The molecule has 31 heavy (non-hydrogen) atoms. The lowest BCUT2D eigenvalue weighted by atomic mass is 10.1. The van der Waals surface area contributed by atoms with Gasteiger partial charge in [0.15, 0.2) is 0 Å². The summed E-state index contributed by atoms with van der Waals surface area (Å²) in [5.41, 5.74) is 3.40. The first-order valence-electron chi connectivity index (χ1n) is 10.5. The third-order valence-corrected chi connectivity index (χ3v) is 7.00. The number of aryl methyl sites for hydroxylation is 1. The van der Waals surface area contributed by atoms with Crippen molar-refractivity contribution in [3.63, 3.8) is 0 Å². The molecule has 0 spiro atoms. The predicted octanol–water partition coefficient (Wildman–Crippen LogP) is 5.12. The minimum Gasteiger partial charge on any atom is -0.497 e. The number of benzene rings is 2. The van der Waals surface area contributed by atoms with Crippen LogP contribution >= 0.6 is 11.3 Å². The molecule has 1 aliphatic heterocycles. The number of hydrogen-bond acceptors (Lipinski definition) is 5. The van der Waals surface area contributed by atoms with Gasteiger partial charge in [-0.2, -0.15) is 0 Å². The lowest BCUT2D eigenvalue weighted by molar-refractivity contribution is 0.0731. The van der Waals surface area contributed by atoms with Crippen LogP contribution in [0.15, 0.2) is 54.6 Å². The average molecular weight is 432 g/mol. The number of hydrogen-bond donors (Lipinski definition) is 0. The molecule has 2 aromatic heterocycles.